The molecule has 0 amide bonds. The Kier molecular flexibility index (Phi) is 3.91. The molecule has 0 spiro atoms. The molecule has 0 radical (unpaired) electrons. The fourth-order valence-corrected chi connectivity index (χ4v) is 3.37. The summed E-state index contributed by atoms with van der Waals surface area (Å²) in [6.07, 6.45) is 1.46. The Morgan fingerprint density at radius 2 is 2.16 bits per heavy atom. The highest BCUT2D eigenvalue weighted by molar-refractivity contribution is 7.90. The highest BCUT2D eigenvalue weighted by Gasteiger charge is 2.13. The van der Waals surface area contributed by atoms with Crippen LogP contribution in [-0.4, -0.2) is 35.4 Å². The van der Waals surface area contributed by atoms with E-state index >= 15 is 0 Å². The largest absolute Gasteiger partial charge is 0.430 e. The summed E-state index contributed by atoms with van der Waals surface area (Å²) < 4.78 is 39.2. The first kappa shape index (κ1) is 14.0. The minimum Gasteiger partial charge on any atom is -0.430 e. The number of nitrogens with zero attached hydrogens (tertiary/aromatic N) is 1. The quantitative estimate of drug-likeness (QED) is 0.825. The SMILES string of the molecule is CS(=O)(=O)CCCS(=O)c1nc2ccc(N)cc2o1. The van der Waals surface area contributed by atoms with E-state index < -0.39 is 20.6 Å². The van der Waals surface area contributed by atoms with Gasteiger partial charge in [-0.2, -0.15) is 0 Å². The lowest BCUT2D eigenvalue weighted by molar-refractivity contribution is 0.477. The summed E-state index contributed by atoms with van der Waals surface area (Å²) in [6, 6.07) is 4.98. The summed E-state index contributed by atoms with van der Waals surface area (Å²) in [5, 5.41) is 0.106. The molecule has 104 valence electrons. The van der Waals surface area contributed by atoms with Crippen LogP contribution in [0.4, 0.5) is 5.69 Å². The zero-order chi connectivity index (χ0) is 14.0. The predicted octanol–water partition coefficient (Wildman–Crippen LogP) is 0.952. The predicted molar refractivity (Wildman–Crippen MR) is 74.0 cm³/mol. The maximum atomic E-state index is 11.9. The second kappa shape index (κ2) is 5.30. The van der Waals surface area contributed by atoms with Gasteiger partial charge < -0.3 is 10.2 Å². The topological polar surface area (TPSA) is 103 Å². The Labute approximate surface area is 113 Å². The number of anilines is 1. The number of hydrogen-bond donors (Lipinski definition) is 1. The molecule has 1 aromatic carbocycles. The second-order valence-electron chi connectivity index (χ2n) is 4.24. The fourth-order valence-electron chi connectivity index (χ4n) is 1.56. The van der Waals surface area contributed by atoms with Crippen LogP contribution in [-0.2, 0) is 20.6 Å². The first-order valence-electron chi connectivity index (χ1n) is 5.57. The van der Waals surface area contributed by atoms with E-state index in [1.807, 2.05) is 0 Å². The summed E-state index contributed by atoms with van der Waals surface area (Å²) in [5.74, 6) is 0.210. The van der Waals surface area contributed by atoms with Gasteiger partial charge in [0.2, 0.25) is 0 Å². The van der Waals surface area contributed by atoms with Gasteiger partial charge in [0.15, 0.2) is 5.58 Å². The van der Waals surface area contributed by atoms with Crippen LogP contribution in [0.1, 0.15) is 6.42 Å². The summed E-state index contributed by atoms with van der Waals surface area (Å²) in [4.78, 5) is 4.10. The molecule has 2 N–H and O–H groups in total. The number of benzene rings is 1. The van der Waals surface area contributed by atoms with Crippen LogP contribution in [0.2, 0.25) is 0 Å². The molecule has 0 aliphatic rings. The van der Waals surface area contributed by atoms with Gasteiger partial charge in [0.05, 0.1) is 5.75 Å². The van der Waals surface area contributed by atoms with Gasteiger partial charge in [0, 0.05) is 23.8 Å². The standard InChI is InChI=1S/C11H14N2O4S2/c1-19(15,16)6-2-5-18(14)11-13-9-4-3-8(12)7-10(9)17-11/h3-4,7H,2,5-6,12H2,1H3. The van der Waals surface area contributed by atoms with Gasteiger partial charge in [-0.1, -0.05) is 0 Å². The zero-order valence-corrected chi connectivity index (χ0v) is 12.0. The molecule has 1 atom stereocenters. The van der Waals surface area contributed by atoms with Crippen molar-refractivity contribution in [2.75, 3.05) is 23.5 Å². The van der Waals surface area contributed by atoms with Crippen molar-refractivity contribution in [3.63, 3.8) is 0 Å². The van der Waals surface area contributed by atoms with Crippen molar-refractivity contribution in [3.8, 4) is 0 Å². The molecule has 0 fully saturated rings. The Balaban J connectivity index is 2.09. The molecular formula is C11H14N2O4S2. The maximum Gasteiger partial charge on any atom is 0.287 e. The average Bonchev–Trinajstić information content (AvgIpc) is 2.70. The van der Waals surface area contributed by atoms with Crippen LogP contribution < -0.4 is 5.73 Å². The molecular weight excluding hydrogens is 288 g/mol. The number of aromatic nitrogens is 1. The number of hydrogen-bond acceptors (Lipinski definition) is 6. The van der Waals surface area contributed by atoms with Crippen LogP contribution in [0.5, 0.6) is 0 Å². The van der Waals surface area contributed by atoms with Crippen LogP contribution in [0, 0.1) is 0 Å². The molecule has 1 unspecified atom stereocenters. The lowest BCUT2D eigenvalue weighted by atomic mass is 10.3. The lowest BCUT2D eigenvalue weighted by Gasteiger charge is -1.97. The number of nitrogen functional groups attached to an aromatic ring is 1. The zero-order valence-electron chi connectivity index (χ0n) is 10.3. The number of fused-ring (bicyclic) bond motifs is 1. The Hall–Kier alpha value is -1.41. The molecule has 6 nitrogen and oxygen atoms in total. The molecule has 0 saturated carbocycles. The van der Waals surface area contributed by atoms with Gasteiger partial charge in [0.25, 0.3) is 5.22 Å². The van der Waals surface area contributed by atoms with Crippen molar-refractivity contribution in [2.24, 2.45) is 0 Å². The van der Waals surface area contributed by atoms with Crippen LogP contribution in [0.25, 0.3) is 11.1 Å². The fraction of sp³-hybridized carbons (Fsp3) is 0.364. The van der Waals surface area contributed by atoms with E-state index in [0.29, 0.717) is 23.2 Å². The molecule has 0 bridgehead atoms. The van der Waals surface area contributed by atoms with Crippen molar-refractivity contribution < 1.29 is 17.0 Å². The molecule has 2 rings (SSSR count). The molecule has 0 aliphatic heterocycles. The summed E-state index contributed by atoms with van der Waals surface area (Å²) >= 11 is 0. The highest BCUT2D eigenvalue weighted by atomic mass is 32.2. The third-order valence-corrected chi connectivity index (χ3v) is 4.69. The van der Waals surface area contributed by atoms with Crippen molar-refractivity contribution in [2.45, 2.75) is 11.6 Å². The number of sulfone groups is 1. The third-order valence-electron chi connectivity index (χ3n) is 2.43. The summed E-state index contributed by atoms with van der Waals surface area (Å²) in [5.41, 5.74) is 7.21. The van der Waals surface area contributed by atoms with E-state index in [9.17, 15) is 12.6 Å². The Morgan fingerprint density at radius 1 is 1.42 bits per heavy atom. The van der Waals surface area contributed by atoms with Crippen LogP contribution in [0.3, 0.4) is 0 Å². The molecule has 1 heterocycles. The molecule has 0 saturated heterocycles. The summed E-state index contributed by atoms with van der Waals surface area (Å²) in [6.45, 7) is 0. The van der Waals surface area contributed by atoms with Gasteiger partial charge in [-0.15, -0.1) is 0 Å². The molecule has 2 aromatic rings. The van der Waals surface area contributed by atoms with Crippen LogP contribution in [0.15, 0.2) is 27.8 Å². The molecule has 1 aromatic heterocycles. The summed E-state index contributed by atoms with van der Waals surface area (Å²) in [7, 11) is -4.47. The normalized spacial score (nSPS) is 13.7. The molecule has 0 aliphatic carbocycles. The number of oxazole rings is 1. The smallest absolute Gasteiger partial charge is 0.287 e. The second-order valence-corrected chi connectivity index (χ2v) is 7.95. The van der Waals surface area contributed by atoms with E-state index in [1.165, 1.54) is 0 Å². The Bertz CT molecular complexity index is 721. The van der Waals surface area contributed by atoms with Crippen molar-refractivity contribution in [1.29, 1.82) is 0 Å². The lowest BCUT2D eigenvalue weighted by Crippen LogP contribution is -2.07. The van der Waals surface area contributed by atoms with E-state index in [4.69, 9.17) is 10.2 Å². The number of rotatable bonds is 5. The highest BCUT2D eigenvalue weighted by Crippen LogP contribution is 2.20. The third kappa shape index (κ3) is 3.77. The van der Waals surface area contributed by atoms with E-state index in [1.54, 1.807) is 18.2 Å². The minimum atomic E-state index is -3.03. The first-order valence-corrected chi connectivity index (χ1v) is 8.95. The van der Waals surface area contributed by atoms with Gasteiger partial charge >= 0.3 is 0 Å². The molecule has 19 heavy (non-hydrogen) atoms. The van der Waals surface area contributed by atoms with E-state index in [-0.39, 0.29) is 16.7 Å². The van der Waals surface area contributed by atoms with Gasteiger partial charge in [-0.05, 0) is 18.6 Å². The minimum absolute atomic E-state index is 0.00587. The van der Waals surface area contributed by atoms with Crippen molar-refractivity contribution in [1.82, 2.24) is 4.98 Å². The monoisotopic (exact) mass is 302 g/mol. The molecule has 8 heteroatoms. The maximum absolute atomic E-state index is 11.9. The van der Waals surface area contributed by atoms with E-state index in [2.05, 4.69) is 4.98 Å². The van der Waals surface area contributed by atoms with Gasteiger partial charge in [0.1, 0.15) is 26.2 Å². The van der Waals surface area contributed by atoms with Crippen molar-refractivity contribution in [3.05, 3.63) is 18.2 Å². The van der Waals surface area contributed by atoms with Crippen molar-refractivity contribution >= 4 is 37.4 Å². The first-order chi connectivity index (χ1) is 8.85. The Morgan fingerprint density at radius 3 is 2.84 bits per heavy atom. The van der Waals surface area contributed by atoms with Crippen LogP contribution >= 0.6 is 0 Å². The van der Waals surface area contributed by atoms with Gasteiger partial charge in [-0.25, -0.2) is 17.6 Å². The van der Waals surface area contributed by atoms with Gasteiger partial charge in [-0.3, -0.25) is 0 Å². The number of nitrogens with two attached hydrogens (primary N) is 1. The van der Waals surface area contributed by atoms with E-state index in [0.717, 1.165) is 6.26 Å². The average molecular weight is 302 g/mol.